The van der Waals surface area contributed by atoms with Crippen molar-refractivity contribution in [2.45, 2.75) is 25.3 Å². The van der Waals surface area contributed by atoms with Crippen LogP contribution in [0.3, 0.4) is 0 Å². The number of nitrogens with one attached hydrogen (secondary N) is 3. The average molecular weight is 392 g/mol. The molecule has 5 amide bonds. The predicted octanol–water partition coefficient (Wildman–Crippen LogP) is 2.12. The molecule has 2 aliphatic rings. The molecular formula is C21H20N4O4. The van der Waals surface area contributed by atoms with Crippen molar-refractivity contribution in [1.29, 1.82) is 0 Å². The summed E-state index contributed by atoms with van der Waals surface area (Å²) >= 11 is 0. The van der Waals surface area contributed by atoms with Crippen LogP contribution >= 0.6 is 0 Å². The highest BCUT2D eigenvalue weighted by molar-refractivity contribution is 6.08. The maximum atomic E-state index is 12.7. The number of hydrogen-bond acceptors (Lipinski definition) is 4. The highest BCUT2D eigenvalue weighted by atomic mass is 16.2. The second-order valence-electron chi connectivity index (χ2n) is 7.27. The van der Waals surface area contributed by atoms with Crippen LogP contribution in [0, 0.1) is 0 Å². The molecule has 0 radical (unpaired) electrons. The van der Waals surface area contributed by atoms with Gasteiger partial charge in [0.05, 0.1) is 0 Å². The van der Waals surface area contributed by atoms with Crippen molar-refractivity contribution in [2.75, 3.05) is 16.8 Å². The first-order valence-electron chi connectivity index (χ1n) is 9.33. The van der Waals surface area contributed by atoms with Crippen molar-refractivity contribution in [1.82, 2.24) is 10.6 Å². The molecule has 0 aliphatic carbocycles. The van der Waals surface area contributed by atoms with Crippen LogP contribution in [0.15, 0.2) is 48.5 Å². The molecule has 0 aromatic heterocycles. The molecule has 3 N–H and O–H groups in total. The summed E-state index contributed by atoms with van der Waals surface area (Å²) in [7, 11) is 0. The van der Waals surface area contributed by atoms with E-state index in [1.165, 1.54) is 0 Å². The van der Waals surface area contributed by atoms with Crippen LogP contribution in [0.4, 0.5) is 16.2 Å². The molecule has 8 nitrogen and oxygen atoms in total. The van der Waals surface area contributed by atoms with Crippen LogP contribution in [-0.2, 0) is 15.1 Å². The number of nitrogens with zero attached hydrogens (tertiary/aromatic N) is 1. The Morgan fingerprint density at radius 3 is 2.59 bits per heavy atom. The normalized spacial score (nSPS) is 21.1. The van der Waals surface area contributed by atoms with Gasteiger partial charge in [-0.3, -0.25) is 19.7 Å². The van der Waals surface area contributed by atoms with E-state index < -0.39 is 17.5 Å². The topological polar surface area (TPSA) is 108 Å². The number of rotatable bonds is 4. The number of hydrogen-bond donors (Lipinski definition) is 3. The van der Waals surface area contributed by atoms with Crippen LogP contribution in [0.1, 0.15) is 35.7 Å². The van der Waals surface area contributed by atoms with Crippen LogP contribution in [0.25, 0.3) is 0 Å². The molecule has 2 aliphatic heterocycles. The largest absolute Gasteiger partial charge is 0.322 e. The molecule has 0 spiro atoms. The first-order chi connectivity index (χ1) is 13.9. The summed E-state index contributed by atoms with van der Waals surface area (Å²) in [5.41, 5.74) is 0.964. The van der Waals surface area contributed by atoms with Crippen molar-refractivity contribution < 1.29 is 19.2 Å². The van der Waals surface area contributed by atoms with Gasteiger partial charge in [-0.05, 0) is 49.2 Å². The fraction of sp³-hybridized carbons (Fsp3) is 0.238. The molecule has 0 saturated carbocycles. The molecule has 0 bridgehead atoms. The lowest BCUT2D eigenvalue weighted by atomic mass is 9.92. The molecule has 4 rings (SSSR count). The smallest absolute Gasteiger partial charge is 0.322 e. The summed E-state index contributed by atoms with van der Waals surface area (Å²) in [4.78, 5) is 50.0. The van der Waals surface area contributed by atoms with Crippen LogP contribution < -0.4 is 20.9 Å². The van der Waals surface area contributed by atoms with E-state index in [0.29, 0.717) is 35.5 Å². The minimum atomic E-state index is -1.20. The highest BCUT2D eigenvalue weighted by Crippen LogP contribution is 2.27. The maximum absolute atomic E-state index is 12.7. The molecule has 1 atom stereocenters. The standard InChI is InChI=1S/C21H20N4O4/c1-21(19(28)23-20(29)24-21)14-6-3-7-15(12-14)22-18(27)13-5-2-8-16(11-13)25-10-4-9-17(25)26/h2-3,5-8,11-12H,4,9-10H2,1H3,(H,22,27)(H2,23,24,28,29). The zero-order valence-corrected chi connectivity index (χ0v) is 15.8. The molecule has 2 aromatic carbocycles. The summed E-state index contributed by atoms with van der Waals surface area (Å²) < 4.78 is 0. The average Bonchev–Trinajstić information content (AvgIpc) is 3.24. The van der Waals surface area contributed by atoms with Gasteiger partial charge in [-0.25, -0.2) is 4.79 Å². The van der Waals surface area contributed by atoms with Crippen LogP contribution in [0.5, 0.6) is 0 Å². The fourth-order valence-corrected chi connectivity index (χ4v) is 3.59. The summed E-state index contributed by atoms with van der Waals surface area (Å²) in [5, 5.41) is 7.63. The molecule has 8 heteroatoms. The first kappa shape index (κ1) is 18.7. The van der Waals surface area contributed by atoms with E-state index >= 15 is 0 Å². The van der Waals surface area contributed by atoms with Gasteiger partial charge in [0.15, 0.2) is 0 Å². The quantitative estimate of drug-likeness (QED) is 0.693. The lowest BCUT2D eigenvalue weighted by molar-refractivity contribution is -0.123. The zero-order chi connectivity index (χ0) is 20.6. The van der Waals surface area contributed by atoms with Crippen LogP contribution in [0.2, 0.25) is 0 Å². The number of carbonyl (C=O) groups excluding carboxylic acids is 4. The molecule has 2 fully saturated rings. The Balaban J connectivity index is 1.54. The molecule has 1 unspecified atom stereocenters. The first-order valence-corrected chi connectivity index (χ1v) is 9.33. The van der Waals surface area contributed by atoms with Crippen molar-refractivity contribution in [3.63, 3.8) is 0 Å². The summed E-state index contributed by atoms with van der Waals surface area (Å²) in [6, 6.07) is 13.1. The molecule has 2 aromatic rings. The Labute approximate surface area is 167 Å². The van der Waals surface area contributed by atoms with Gasteiger partial charge in [0.25, 0.3) is 11.8 Å². The second kappa shape index (κ2) is 7.05. The van der Waals surface area contributed by atoms with Gasteiger partial charge < -0.3 is 15.5 Å². The second-order valence-corrected chi connectivity index (χ2v) is 7.27. The third kappa shape index (κ3) is 3.44. The lowest BCUT2D eigenvalue weighted by Gasteiger charge is -2.21. The third-order valence-corrected chi connectivity index (χ3v) is 5.24. The van der Waals surface area contributed by atoms with Crippen molar-refractivity contribution in [3.8, 4) is 0 Å². The molecular weight excluding hydrogens is 372 g/mol. The van der Waals surface area contributed by atoms with Crippen molar-refractivity contribution in [3.05, 3.63) is 59.7 Å². The maximum Gasteiger partial charge on any atom is 0.322 e. The van der Waals surface area contributed by atoms with E-state index in [-0.39, 0.29) is 11.8 Å². The lowest BCUT2D eigenvalue weighted by Crippen LogP contribution is -2.40. The molecule has 2 saturated heterocycles. The number of benzene rings is 2. The van der Waals surface area contributed by atoms with E-state index in [0.717, 1.165) is 6.42 Å². The molecule has 148 valence electrons. The van der Waals surface area contributed by atoms with E-state index in [9.17, 15) is 19.2 Å². The van der Waals surface area contributed by atoms with E-state index in [2.05, 4.69) is 16.0 Å². The SMILES string of the molecule is CC1(c2cccc(NC(=O)c3cccc(N4CCCC4=O)c3)c2)NC(=O)NC1=O. The minimum Gasteiger partial charge on any atom is -0.322 e. The van der Waals surface area contributed by atoms with Gasteiger partial charge in [0.1, 0.15) is 5.54 Å². The number of anilines is 2. The van der Waals surface area contributed by atoms with Gasteiger partial charge in [-0.15, -0.1) is 0 Å². The summed E-state index contributed by atoms with van der Waals surface area (Å²) in [6.45, 7) is 2.25. The number of urea groups is 1. The highest BCUT2D eigenvalue weighted by Gasteiger charge is 2.43. The van der Waals surface area contributed by atoms with Gasteiger partial charge >= 0.3 is 6.03 Å². The van der Waals surface area contributed by atoms with Crippen molar-refractivity contribution in [2.24, 2.45) is 0 Å². The zero-order valence-electron chi connectivity index (χ0n) is 15.8. The Bertz CT molecular complexity index is 1030. The Hall–Kier alpha value is -3.68. The van der Waals surface area contributed by atoms with Gasteiger partial charge in [0, 0.05) is 29.9 Å². The van der Waals surface area contributed by atoms with Crippen LogP contribution in [-0.4, -0.2) is 30.3 Å². The monoisotopic (exact) mass is 392 g/mol. The van der Waals surface area contributed by atoms with E-state index in [1.807, 2.05) is 6.07 Å². The summed E-state index contributed by atoms with van der Waals surface area (Å²) in [5.74, 6) is -0.727. The number of amides is 5. The minimum absolute atomic E-state index is 0.0559. The van der Waals surface area contributed by atoms with Crippen molar-refractivity contribution >= 4 is 35.1 Å². The Morgan fingerprint density at radius 2 is 1.90 bits per heavy atom. The Kier molecular flexibility index (Phi) is 4.54. The number of imide groups is 1. The summed E-state index contributed by atoms with van der Waals surface area (Å²) in [6.07, 6.45) is 1.33. The Morgan fingerprint density at radius 1 is 1.10 bits per heavy atom. The third-order valence-electron chi connectivity index (χ3n) is 5.24. The predicted molar refractivity (Wildman–Crippen MR) is 106 cm³/mol. The van der Waals surface area contributed by atoms with Gasteiger partial charge in [-0.2, -0.15) is 0 Å². The molecule has 2 heterocycles. The van der Waals surface area contributed by atoms with Gasteiger partial charge in [0.2, 0.25) is 5.91 Å². The number of carbonyl (C=O) groups is 4. The van der Waals surface area contributed by atoms with E-state index in [1.54, 1.807) is 54.3 Å². The van der Waals surface area contributed by atoms with E-state index in [4.69, 9.17) is 0 Å². The fourth-order valence-electron chi connectivity index (χ4n) is 3.59. The van der Waals surface area contributed by atoms with Gasteiger partial charge in [-0.1, -0.05) is 18.2 Å². The molecule has 29 heavy (non-hydrogen) atoms.